The highest BCUT2D eigenvalue weighted by molar-refractivity contribution is 6.08. The van der Waals surface area contributed by atoms with Gasteiger partial charge in [0.2, 0.25) is 0 Å². The summed E-state index contributed by atoms with van der Waals surface area (Å²) in [5.74, 6) is -0.327. The third-order valence-electron chi connectivity index (χ3n) is 11.3. The Morgan fingerprint density at radius 2 is 1.28 bits per heavy atom. The average molecular weight is 709 g/mol. The predicted molar refractivity (Wildman–Crippen MR) is 211 cm³/mol. The molecule has 0 bridgehead atoms. The zero-order valence-electron chi connectivity index (χ0n) is 30.5. The molecule has 9 heteroatoms. The number of rotatable bonds is 6. The Hall–Kier alpha value is -5.62. The molecule has 0 saturated heterocycles. The molecule has 4 aliphatic heterocycles. The van der Waals surface area contributed by atoms with E-state index in [2.05, 4.69) is 52.8 Å². The lowest BCUT2D eigenvalue weighted by atomic mass is 9.90. The third-order valence-corrected chi connectivity index (χ3v) is 11.3. The van der Waals surface area contributed by atoms with Crippen molar-refractivity contribution in [2.45, 2.75) is 65.2 Å². The summed E-state index contributed by atoms with van der Waals surface area (Å²) < 4.78 is 11.2. The molecule has 0 unspecified atom stereocenters. The number of carbonyl (C=O) groups is 1. The summed E-state index contributed by atoms with van der Waals surface area (Å²) in [6.07, 6.45) is 11.6. The minimum atomic E-state index is -0.557. The number of hydrogen-bond donors (Lipinski definition) is 0. The van der Waals surface area contributed by atoms with Crippen molar-refractivity contribution in [3.63, 3.8) is 0 Å². The highest BCUT2D eigenvalue weighted by atomic mass is 16.4. The van der Waals surface area contributed by atoms with Gasteiger partial charge in [-0.25, -0.2) is 9.59 Å². The van der Waals surface area contributed by atoms with E-state index in [1.54, 1.807) is 18.2 Å². The number of fused-ring (bicyclic) bond motifs is 4. The highest BCUT2D eigenvalue weighted by Crippen LogP contribution is 2.41. The van der Waals surface area contributed by atoms with E-state index in [1.165, 1.54) is 35.0 Å². The third kappa shape index (κ3) is 6.41. The van der Waals surface area contributed by atoms with Crippen LogP contribution in [0.5, 0.6) is 0 Å². The smallest absolute Gasteiger partial charge is 0.354 e. The molecule has 4 aliphatic rings. The lowest BCUT2D eigenvalue weighted by molar-refractivity contribution is 0.104. The van der Waals surface area contributed by atoms with Gasteiger partial charge in [0, 0.05) is 78.2 Å². The summed E-state index contributed by atoms with van der Waals surface area (Å²) >= 11 is 0. The lowest BCUT2D eigenvalue weighted by Gasteiger charge is -2.37. The van der Waals surface area contributed by atoms with Gasteiger partial charge < -0.3 is 23.5 Å². The summed E-state index contributed by atoms with van der Waals surface area (Å²) in [4.78, 5) is 44.6. The van der Waals surface area contributed by atoms with E-state index in [4.69, 9.17) is 14.1 Å². The van der Waals surface area contributed by atoms with Crippen molar-refractivity contribution in [3.8, 4) is 6.07 Å². The maximum Gasteiger partial charge on any atom is 0.354 e. The van der Waals surface area contributed by atoms with Crippen LogP contribution in [0.4, 0.5) is 17.1 Å². The van der Waals surface area contributed by atoms with Crippen molar-refractivity contribution in [3.05, 3.63) is 114 Å². The molecule has 270 valence electrons. The van der Waals surface area contributed by atoms with Gasteiger partial charge in [0.1, 0.15) is 28.4 Å². The predicted octanol–water partition coefficient (Wildman–Crippen LogP) is 7.60. The molecule has 0 atom stereocenters. The van der Waals surface area contributed by atoms with E-state index in [-0.39, 0.29) is 16.9 Å². The molecule has 9 nitrogen and oxygen atoms in total. The molecule has 53 heavy (non-hydrogen) atoms. The number of allylic oxidation sites excluding steroid dienone is 1. The fraction of sp³-hybridized carbons (Fsp3) is 0.364. The molecule has 0 saturated carbocycles. The van der Waals surface area contributed by atoms with Gasteiger partial charge in [-0.3, -0.25) is 4.79 Å². The molecule has 0 aliphatic carbocycles. The fourth-order valence-electron chi connectivity index (χ4n) is 8.79. The minimum absolute atomic E-state index is 0.0909. The zero-order chi connectivity index (χ0) is 36.6. The van der Waals surface area contributed by atoms with E-state index in [1.807, 2.05) is 18.2 Å². The highest BCUT2D eigenvalue weighted by Gasteiger charge is 2.29. The molecule has 5 aromatic rings. The van der Waals surface area contributed by atoms with Gasteiger partial charge in [-0.15, -0.1) is 0 Å². The molecule has 0 N–H and O–H groups in total. The number of ketones is 1. The van der Waals surface area contributed by atoms with Crippen LogP contribution in [-0.2, 0) is 25.7 Å². The number of anilines is 3. The number of nitriles is 1. The molecule has 9 rings (SSSR count). The molecular weight excluding hydrogens is 665 g/mol. The van der Waals surface area contributed by atoms with Crippen LogP contribution in [0, 0.1) is 11.3 Å². The summed E-state index contributed by atoms with van der Waals surface area (Å²) in [7, 11) is 0. The molecule has 2 aromatic heterocycles. The first-order valence-corrected chi connectivity index (χ1v) is 19.1. The molecule has 0 fully saturated rings. The van der Waals surface area contributed by atoms with Gasteiger partial charge >= 0.3 is 11.3 Å². The summed E-state index contributed by atoms with van der Waals surface area (Å²) in [6.45, 7) is 10.5. The monoisotopic (exact) mass is 708 g/mol. The van der Waals surface area contributed by atoms with Crippen LogP contribution >= 0.6 is 0 Å². The van der Waals surface area contributed by atoms with Crippen molar-refractivity contribution in [2.24, 2.45) is 0 Å². The number of nitrogens with zero attached hydrogens (tertiary/aromatic N) is 4. The lowest BCUT2D eigenvalue weighted by Crippen LogP contribution is -2.34. The maximum atomic E-state index is 12.9. The van der Waals surface area contributed by atoms with Gasteiger partial charge in [0.25, 0.3) is 0 Å². The van der Waals surface area contributed by atoms with Gasteiger partial charge in [0.05, 0.1) is 0 Å². The molecule has 6 heterocycles. The van der Waals surface area contributed by atoms with Crippen LogP contribution in [0.1, 0.15) is 83.3 Å². The Bertz CT molecular complexity index is 2430. The molecule has 0 spiro atoms. The van der Waals surface area contributed by atoms with Gasteiger partial charge in [-0.1, -0.05) is 18.2 Å². The Morgan fingerprint density at radius 1 is 0.755 bits per heavy atom. The van der Waals surface area contributed by atoms with Crippen LogP contribution in [0.3, 0.4) is 0 Å². The SMILES string of the molecule is CCN(CC)c1ccc(/C=C/C(=O)c2cc3cc4c5c(c3oc2=O)CCCN5CCC4)cc1.N#Cc1cc2cc3c4c(c2oc1=O)CCCN4CCC3. The summed E-state index contributed by atoms with van der Waals surface area (Å²) in [5, 5.41) is 10.7. The number of carbonyl (C=O) groups excluding carboxylic acids is 1. The standard InChI is InChI=1S/C28H30N2O3.C16H14N2O2/c1-3-29(4-2)22-12-9-19(10-13-22)11-14-25(31)24-18-21-17-20-7-5-15-30-16-6-8-23(26(20)30)27(21)33-28(24)32;17-9-12-8-11-7-10-3-1-5-18-6-2-4-13(14(10)18)15(11)20-16(12)19/h9-14,17-18H,3-8,15-16H2,1-2H3;7-8H,1-6H2/b14-11+;. The summed E-state index contributed by atoms with van der Waals surface area (Å²) in [6, 6.07) is 17.6. The van der Waals surface area contributed by atoms with E-state index in [0.29, 0.717) is 11.2 Å². The van der Waals surface area contributed by atoms with Crippen LogP contribution in [-0.4, -0.2) is 45.1 Å². The molecule has 0 amide bonds. The topological polar surface area (TPSA) is 111 Å². The second-order valence-electron chi connectivity index (χ2n) is 14.4. The molecular formula is C44H44N4O5. The van der Waals surface area contributed by atoms with Crippen LogP contribution < -0.4 is 26.0 Å². The Balaban J connectivity index is 0.000000170. The largest absolute Gasteiger partial charge is 0.422 e. The quantitative estimate of drug-likeness (QED) is 0.100. The first-order chi connectivity index (χ1) is 25.9. The maximum absolute atomic E-state index is 12.9. The van der Waals surface area contributed by atoms with E-state index in [0.717, 1.165) is 117 Å². The first-order valence-electron chi connectivity index (χ1n) is 19.1. The van der Waals surface area contributed by atoms with Crippen LogP contribution in [0.2, 0.25) is 0 Å². The van der Waals surface area contributed by atoms with Crippen LogP contribution in [0.15, 0.2) is 73.0 Å². The Morgan fingerprint density at radius 3 is 1.83 bits per heavy atom. The Kier molecular flexibility index (Phi) is 9.38. The van der Waals surface area contributed by atoms with Crippen molar-refractivity contribution in [1.29, 1.82) is 5.26 Å². The minimum Gasteiger partial charge on any atom is -0.422 e. The number of benzene rings is 3. The van der Waals surface area contributed by atoms with Crippen LogP contribution in [0.25, 0.3) is 28.0 Å². The average Bonchev–Trinajstić information content (AvgIpc) is 3.19. The van der Waals surface area contributed by atoms with E-state index < -0.39 is 11.3 Å². The van der Waals surface area contributed by atoms with Gasteiger partial charge in [-0.05, 0) is 124 Å². The number of aryl methyl sites for hydroxylation is 4. The fourth-order valence-corrected chi connectivity index (χ4v) is 8.79. The second kappa shape index (κ2) is 14.4. The molecule has 3 aromatic carbocycles. The second-order valence-corrected chi connectivity index (χ2v) is 14.4. The Labute approximate surface area is 308 Å². The van der Waals surface area contributed by atoms with Gasteiger partial charge in [0.15, 0.2) is 5.78 Å². The van der Waals surface area contributed by atoms with Gasteiger partial charge in [-0.2, -0.15) is 5.26 Å². The van der Waals surface area contributed by atoms with E-state index in [9.17, 15) is 14.4 Å². The molecule has 0 radical (unpaired) electrons. The van der Waals surface area contributed by atoms with E-state index >= 15 is 0 Å². The number of hydrogen-bond acceptors (Lipinski definition) is 9. The van der Waals surface area contributed by atoms with Crippen molar-refractivity contribution in [2.75, 3.05) is 54.0 Å². The first kappa shape index (κ1) is 34.5. The van der Waals surface area contributed by atoms with Crippen molar-refractivity contribution in [1.82, 2.24) is 0 Å². The summed E-state index contributed by atoms with van der Waals surface area (Å²) in [5.41, 5.74) is 9.97. The zero-order valence-corrected chi connectivity index (χ0v) is 30.5. The van der Waals surface area contributed by atoms with Crippen molar-refractivity contribution < 1.29 is 13.6 Å². The normalized spacial score (nSPS) is 15.8. The van der Waals surface area contributed by atoms with Crippen molar-refractivity contribution >= 4 is 50.9 Å².